The van der Waals surface area contributed by atoms with Gasteiger partial charge in [0.2, 0.25) is 0 Å². The number of hydrogen-bond donors (Lipinski definition) is 0. The number of Topliss-reactive ketones (excluding diaryl/α,β-unsaturated/α-hetero) is 1. The topological polar surface area (TPSA) is 76.2 Å². The highest BCUT2D eigenvalue weighted by Gasteiger charge is 2.23. The van der Waals surface area contributed by atoms with Crippen molar-refractivity contribution in [2.24, 2.45) is 0 Å². The Morgan fingerprint density at radius 2 is 1.03 bits per heavy atom. The molecule has 0 saturated carbocycles. The van der Waals surface area contributed by atoms with Gasteiger partial charge in [0.1, 0.15) is 0 Å². The van der Waals surface area contributed by atoms with Gasteiger partial charge in [0.25, 0.3) is 0 Å². The van der Waals surface area contributed by atoms with Gasteiger partial charge in [-0.1, -0.05) is 60.7 Å². The molecule has 160 valence electrons. The summed E-state index contributed by atoms with van der Waals surface area (Å²) >= 11 is 0. The van der Waals surface area contributed by atoms with E-state index in [-0.39, 0.29) is 45.2 Å². The number of carbonyl (C=O) groups is 3. The third-order valence-corrected chi connectivity index (χ3v) is 4.22. The van der Waals surface area contributed by atoms with Gasteiger partial charge in [-0.25, -0.2) is 9.59 Å². The van der Waals surface area contributed by atoms with E-state index in [1.807, 2.05) is 60.7 Å². The maximum atomic E-state index is 12.8. The Morgan fingerprint density at radius 3 is 1.37 bits per heavy atom. The van der Waals surface area contributed by atoms with E-state index in [1.165, 1.54) is 9.80 Å². The quantitative estimate of drug-likeness (QED) is 0.592. The summed E-state index contributed by atoms with van der Waals surface area (Å²) < 4.78 is 10.2. The number of benzene rings is 2. The minimum atomic E-state index is -0.569. The first-order valence-electron chi connectivity index (χ1n) is 9.96. The summed E-state index contributed by atoms with van der Waals surface area (Å²) in [7, 11) is 0. The summed E-state index contributed by atoms with van der Waals surface area (Å²) in [6.45, 7) is 3.98. The van der Waals surface area contributed by atoms with Crippen LogP contribution in [0.1, 0.15) is 25.0 Å². The Balaban J connectivity index is 2.08. The lowest BCUT2D eigenvalue weighted by Gasteiger charge is -2.24. The first-order chi connectivity index (χ1) is 14.5. The van der Waals surface area contributed by atoms with Gasteiger partial charge < -0.3 is 9.47 Å². The molecule has 2 amide bonds. The van der Waals surface area contributed by atoms with Crippen molar-refractivity contribution in [3.63, 3.8) is 0 Å². The Kier molecular flexibility index (Phi) is 9.37. The first-order valence-corrected chi connectivity index (χ1v) is 9.96. The fourth-order valence-corrected chi connectivity index (χ4v) is 2.88. The number of ketones is 1. The molecule has 0 N–H and O–H groups in total. The molecule has 2 aromatic carbocycles. The molecule has 0 heterocycles. The predicted molar refractivity (Wildman–Crippen MR) is 113 cm³/mol. The molecule has 0 atom stereocenters. The minimum Gasteiger partial charge on any atom is -0.450 e. The SMILES string of the molecule is CCOC(=O)N(CC(=O)CN(Cc1ccccc1)C(=O)OCC)Cc1ccccc1. The highest BCUT2D eigenvalue weighted by molar-refractivity contribution is 5.88. The van der Waals surface area contributed by atoms with Crippen molar-refractivity contribution < 1.29 is 23.9 Å². The summed E-state index contributed by atoms with van der Waals surface area (Å²) in [5.74, 6) is -0.289. The summed E-state index contributed by atoms with van der Waals surface area (Å²) in [6.07, 6.45) is -1.14. The summed E-state index contributed by atoms with van der Waals surface area (Å²) in [5.41, 5.74) is 1.76. The van der Waals surface area contributed by atoms with Crippen LogP contribution in [-0.4, -0.2) is 54.1 Å². The van der Waals surface area contributed by atoms with Crippen molar-refractivity contribution in [1.29, 1.82) is 0 Å². The molecule has 0 aromatic heterocycles. The molecule has 7 heteroatoms. The number of carbonyl (C=O) groups excluding carboxylic acids is 3. The molecule has 0 fully saturated rings. The second-order valence-corrected chi connectivity index (χ2v) is 6.62. The van der Waals surface area contributed by atoms with Crippen LogP contribution in [0.3, 0.4) is 0 Å². The van der Waals surface area contributed by atoms with Crippen molar-refractivity contribution in [2.75, 3.05) is 26.3 Å². The van der Waals surface area contributed by atoms with Gasteiger partial charge in [0.05, 0.1) is 26.3 Å². The third kappa shape index (κ3) is 7.58. The number of amides is 2. The summed E-state index contributed by atoms with van der Waals surface area (Å²) in [6, 6.07) is 18.7. The number of rotatable bonds is 10. The Bertz CT molecular complexity index is 743. The van der Waals surface area contributed by atoms with Crippen molar-refractivity contribution in [3.8, 4) is 0 Å². The fraction of sp³-hybridized carbons (Fsp3) is 0.348. The van der Waals surface area contributed by atoms with Gasteiger partial charge in [0, 0.05) is 13.1 Å². The second-order valence-electron chi connectivity index (χ2n) is 6.62. The zero-order valence-electron chi connectivity index (χ0n) is 17.5. The molecular weight excluding hydrogens is 384 g/mol. The molecule has 2 aromatic rings. The molecular formula is C23H28N2O5. The minimum absolute atomic E-state index is 0.168. The fourth-order valence-electron chi connectivity index (χ4n) is 2.88. The van der Waals surface area contributed by atoms with Crippen molar-refractivity contribution in [3.05, 3.63) is 71.8 Å². The van der Waals surface area contributed by atoms with E-state index in [1.54, 1.807) is 13.8 Å². The lowest BCUT2D eigenvalue weighted by molar-refractivity contribution is -0.121. The Labute approximate surface area is 177 Å². The summed E-state index contributed by atoms with van der Waals surface area (Å²) in [5, 5.41) is 0. The molecule has 0 radical (unpaired) electrons. The number of nitrogens with zero attached hydrogens (tertiary/aromatic N) is 2. The highest BCUT2D eigenvalue weighted by Crippen LogP contribution is 2.09. The highest BCUT2D eigenvalue weighted by atomic mass is 16.6. The van der Waals surface area contributed by atoms with E-state index in [0.717, 1.165) is 11.1 Å². The molecule has 0 unspecified atom stereocenters. The monoisotopic (exact) mass is 412 g/mol. The van der Waals surface area contributed by atoms with Gasteiger partial charge in [-0.05, 0) is 25.0 Å². The zero-order valence-corrected chi connectivity index (χ0v) is 17.5. The molecule has 30 heavy (non-hydrogen) atoms. The zero-order chi connectivity index (χ0) is 21.8. The van der Waals surface area contributed by atoms with Gasteiger partial charge >= 0.3 is 12.2 Å². The molecule has 0 aliphatic rings. The second kappa shape index (κ2) is 12.3. The van der Waals surface area contributed by atoms with Gasteiger partial charge in [-0.15, -0.1) is 0 Å². The Hall–Kier alpha value is -3.35. The van der Waals surface area contributed by atoms with E-state index >= 15 is 0 Å². The van der Waals surface area contributed by atoms with Crippen molar-refractivity contribution in [2.45, 2.75) is 26.9 Å². The number of hydrogen-bond acceptors (Lipinski definition) is 5. The van der Waals surface area contributed by atoms with Crippen LogP contribution in [0.25, 0.3) is 0 Å². The maximum Gasteiger partial charge on any atom is 0.410 e. The lowest BCUT2D eigenvalue weighted by Crippen LogP contribution is -2.42. The van der Waals surface area contributed by atoms with E-state index in [9.17, 15) is 14.4 Å². The van der Waals surface area contributed by atoms with E-state index in [0.29, 0.717) is 0 Å². The summed E-state index contributed by atoms with van der Waals surface area (Å²) in [4.78, 5) is 40.1. The normalized spacial score (nSPS) is 10.2. The van der Waals surface area contributed by atoms with Crippen molar-refractivity contribution in [1.82, 2.24) is 9.80 Å². The van der Waals surface area contributed by atoms with Crippen molar-refractivity contribution >= 4 is 18.0 Å². The molecule has 0 spiro atoms. The molecule has 0 aliphatic carbocycles. The average Bonchev–Trinajstić information content (AvgIpc) is 2.74. The lowest BCUT2D eigenvalue weighted by atomic mass is 10.2. The van der Waals surface area contributed by atoms with Gasteiger partial charge in [0.15, 0.2) is 5.78 Å². The van der Waals surface area contributed by atoms with Gasteiger partial charge in [-0.2, -0.15) is 0 Å². The third-order valence-electron chi connectivity index (χ3n) is 4.22. The predicted octanol–water partition coefficient (Wildman–Crippen LogP) is 3.87. The maximum absolute atomic E-state index is 12.8. The molecule has 7 nitrogen and oxygen atoms in total. The smallest absolute Gasteiger partial charge is 0.410 e. The molecule has 0 aliphatic heterocycles. The van der Waals surface area contributed by atoms with Crippen LogP contribution in [-0.2, 0) is 27.4 Å². The van der Waals surface area contributed by atoms with Crippen LogP contribution >= 0.6 is 0 Å². The van der Waals surface area contributed by atoms with E-state index in [4.69, 9.17) is 9.47 Å². The molecule has 0 saturated heterocycles. The Morgan fingerprint density at radius 1 is 0.667 bits per heavy atom. The van der Waals surface area contributed by atoms with Crippen LogP contribution in [0.15, 0.2) is 60.7 Å². The molecule has 0 bridgehead atoms. The average molecular weight is 412 g/mol. The van der Waals surface area contributed by atoms with Crippen LogP contribution in [0.5, 0.6) is 0 Å². The first kappa shape index (κ1) is 22.9. The van der Waals surface area contributed by atoms with Crippen LogP contribution in [0, 0.1) is 0 Å². The van der Waals surface area contributed by atoms with Gasteiger partial charge in [-0.3, -0.25) is 14.6 Å². The standard InChI is InChI=1S/C23H28N2O5/c1-3-29-22(27)24(15-19-11-7-5-8-12-19)17-21(26)18-25(23(28)30-4-2)16-20-13-9-6-10-14-20/h5-14H,3-4,15-18H2,1-2H3. The molecule has 2 rings (SSSR count). The van der Waals surface area contributed by atoms with Crippen LogP contribution in [0.4, 0.5) is 9.59 Å². The number of ether oxygens (including phenoxy) is 2. The van der Waals surface area contributed by atoms with Crippen LogP contribution < -0.4 is 0 Å². The van der Waals surface area contributed by atoms with E-state index < -0.39 is 12.2 Å². The largest absolute Gasteiger partial charge is 0.450 e. The van der Waals surface area contributed by atoms with E-state index in [2.05, 4.69) is 0 Å². The van der Waals surface area contributed by atoms with Crippen LogP contribution in [0.2, 0.25) is 0 Å².